The molecule has 3 rings (SSSR count). The molecule has 7 nitrogen and oxygen atoms in total. The molecule has 0 aliphatic carbocycles. The molecule has 2 heterocycles. The highest BCUT2D eigenvalue weighted by molar-refractivity contribution is 5.92. The first-order valence-electron chi connectivity index (χ1n) is 9.11. The summed E-state index contributed by atoms with van der Waals surface area (Å²) in [6, 6.07) is 9.64. The average Bonchev–Trinajstić information content (AvgIpc) is 2.71. The maximum absolute atomic E-state index is 12.9. The number of nitrogens with one attached hydrogen (secondary N) is 2. The molecule has 0 bridgehead atoms. The van der Waals surface area contributed by atoms with Gasteiger partial charge in [-0.3, -0.25) is 9.69 Å². The number of aromatic nitrogens is 2. The van der Waals surface area contributed by atoms with Crippen LogP contribution in [0.3, 0.4) is 0 Å². The zero-order valence-electron chi connectivity index (χ0n) is 15.2. The fourth-order valence-electron chi connectivity index (χ4n) is 2.78. The standard InChI is InChI=1S/C19H24FN5O2/c20-16-3-1-15(2-4-16)7-8-22-19(26)17-5-6-18(24-23-17)21-9-10-25-11-13-27-14-12-25/h1-6H,7-14H2,(H,21,24)(H,22,26). The van der Waals surface area contributed by atoms with Gasteiger partial charge in [0.2, 0.25) is 0 Å². The van der Waals surface area contributed by atoms with Crippen LogP contribution in [-0.4, -0.2) is 66.9 Å². The SMILES string of the molecule is O=C(NCCc1ccc(F)cc1)c1ccc(NCCN2CCOCC2)nn1. The van der Waals surface area contributed by atoms with Crippen LogP contribution in [0.25, 0.3) is 0 Å². The molecule has 27 heavy (non-hydrogen) atoms. The van der Waals surface area contributed by atoms with E-state index >= 15 is 0 Å². The molecule has 1 amide bonds. The number of nitrogens with zero attached hydrogens (tertiary/aromatic N) is 3. The Hall–Kier alpha value is -2.58. The number of rotatable bonds is 8. The van der Waals surface area contributed by atoms with Gasteiger partial charge in [-0.2, -0.15) is 0 Å². The number of carbonyl (C=O) groups is 1. The minimum absolute atomic E-state index is 0.267. The number of anilines is 1. The lowest BCUT2D eigenvalue weighted by Gasteiger charge is -2.26. The van der Waals surface area contributed by atoms with E-state index in [0.29, 0.717) is 18.8 Å². The molecule has 0 spiro atoms. The molecule has 1 saturated heterocycles. The number of halogens is 1. The van der Waals surface area contributed by atoms with E-state index in [-0.39, 0.29) is 17.4 Å². The number of ether oxygens (including phenoxy) is 1. The van der Waals surface area contributed by atoms with Crippen LogP contribution in [0.4, 0.5) is 10.2 Å². The van der Waals surface area contributed by atoms with Crippen molar-refractivity contribution in [2.75, 3.05) is 51.3 Å². The predicted octanol–water partition coefficient (Wildman–Crippen LogP) is 1.33. The van der Waals surface area contributed by atoms with E-state index in [1.165, 1.54) is 12.1 Å². The van der Waals surface area contributed by atoms with Gasteiger partial charge in [0.25, 0.3) is 5.91 Å². The Bertz CT molecular complexity index is 718. The first-order valence-corrected chi connectivity index (χ1v) is 9.11. The van der Waals surface area contributed by atoms with Crippen LogP contribution in [0, 0.1) is 5.82 Å². The number of hydrogen-bond donors (Lipinski definition) is 2. The Kier molecular flexibility index (Phi) is 7.06. The first-order chi connectivity index (χ1) is 13.2. The van der Waals surface area contributed by atoms with Crippen molar-refractivity contribution in [3.05, 3.63) is 53.5 Å². The van der Waals surface area contributed by atoms with Crippen molar-refractivity contribution in [3.8, 4) is 0 Å². The normalized spacial score (nSPS) is 14.7. The lowest BCUT2D eigenvalue weighted by Crippen LogP contribution is -2.39. The molecule has 1 aromatic heterocycles. The van der Waals surface area contributed by atoms with Crippen molar-refractivity contribution in [3.63, 3.8) is 0 Å². The van der Waals surface area contributed by atoms with Crippen molar-refractivity contribution < 1.29 is 13.9 Å². The molecule has 0 radical (unpaired) electrons. The second-order valence-corrected chi connectivity index (χ2v) is 6.32. The van der Waals surface area contributed by atoms with Gasteiger partial charge in [0.15, 0.2) is 5.69 Å². The summed E-state index contributed by atoms with van der Waals surface area (Å²) in [5, 5.41) is 14.0. The third-order valence-corrected chi connectivity index (χ3v) is 4.35. The Balaban J connectivity index is 1.38. The summed E-state index contributed by atoms with van der Waals surface area (Å²) in [5.41, 5.74) is 1.23. The number of carbonyl (C=O) groups excluding carboxylic acids is 1. The lowest BCUT2D eigenvalue weighted by molar-refractivity contribution is 0.0398. The van der Waals surface area contributed by atoms with Gasteiger partial charge in [-0.25, -0.2) is 4.39 Å². The zero-order chi connectivity index (χ0) is 18.9. The number of morpholine rings is 1. The van der Waals surface area contributed by atoms with Gasteiger partial charge in [-0.15, -0.1) is 10.2 Å². The number of hydrogen-bond acceptors (Lipinski definition) is 6. The zero-order valence-corrected chi connectivity index (χ0v) is 15.2. The van der Waals surface area contributed by atoms with Crippen molar-refractivity contribution in [2.24, 2.45) is 0 Å². The van der Waals surface area contributed by atoms with Gasteiger partial charge in [0.1, 0.15) is 11.6 Å². The Morgan fingerprint density at radius 1 is 1.07 bits per heavy atom. The van der Waals surface area contributed by atoms with Crippen LogP contribution in [0.1, 0.15) is 16.1 Å². The maximum Gasteiger partial charge on any atom is 0.271 e. The number of amides is 1. The molecule has 1 fully saturated rings. The summed E-state index contributed by atoms with van der Waals surface area (Å²) >= 11 is 0. The number of benzene rings is 1. The highest BCUT2D eigenvalue weighted by Crippen LogP contribution is 2.04. The van der Waals surface area contributed by atoms with Crippen molar-refractivity contribution in [2.45, 2.75) is 6.42 Å². The average molecular weight is 373 g/mol. The molecule has 8 heteroatoms. The summed E-state index contributed by atoms with van der Waals surface area (Å²) in [5.74, 6) is 0.104. The van der Waals surface area contributed by atoms with Crippen molar-refractivity contribution >= 4 is 11.7 Å². The largest absolute Gasteiger partial charge is 0.379 e. The van der Waals surface area contributed by atoms with Gasteiger partial charge >= 0.3 is 0 Å². The summed E-state index contributed by atoms with van der Waals surface area (Å²) in [7, 11) is 0. The van der Waals surface area contributed by atoms with Crippen molar-refractivity contribution in [1.29, 1.82) is 0 Å². The van der Waals surface area contributed by atoms with E-state index < -0.39 is 0 Å². The Morgan fingerprint density at radius 2 is 1.85 bits per heavy atom. The van der Waals surface area contributed by atoms with Gasteiger partial charge in [0, 0.05) is 32.7 Å². The molecule has 2 aromatic rings. The minimum atomic E-state index is -0.274. The quantitative estimate of drug-likeness (QED) is 0.727. The molecule has 0 atom stereocenters. The molecule has 1 aromatic carbocycles. The fraction of sp³-hybridized carbons (Fsp3) is 0.421. The molecule has 0 unspecified atom stereocenters. The van der Waals surface area contributed by atoms with E-state index in [2.05, 4.69) is 25.7 Å². The highest BCUT2D eigenvalue weighted by Gasteiger charge is 2.10. The van der Waals surface area contributed by atoms with Gasteiger partial charge in [-0.05, 0) is 36.2 Å². The van der Waals surface area contributed by atoms with Gasteiger partial charge in [-0.1, -0.05) is 12.1 Å². The van der Waals surface area contributed by atoms with Crippen LogP contribution >= 0.6 is 0 Å². The molecule has 2 N–H and O–H groups in total. The molecular weight excluding hydrogens is 349 g/mol. The Morgan fingerprint density at radius 3 is 2.56 bits per heavy atom. The van der Waals surface area contributed by atoms with E-state index in [1.807, 2.05) is 0 Å². The summed E-state index contributed by atoms with van der Waals surface area (Å²) < 4.78 is 18.2. The first kappa shape index (κ1) is 19.2. The smallest absolute Gasteiger partial charge is 0.271 e. The van der Waals surface area contributed by atoms with Crippen LogP contribution in [0.5, 0.6) is 0 Å². The monoisotopic (exact) mass is 373 g/mol. The summed E-state index contributed by atoms with van der Waals surface area (Å²) in [6.07, 6.45) is 0.626. The summed E-state index contributed by atoms with van der Waals surface area (Å²) in [4.78, 5) is 14.4. The van der Waals surface area contributed by atoms with Crippen LogP contribution in [0.15, 0.2) is 36.4 Å². The molecule has 1 aliphatic heterocycles. The topological polar surface area (TPSA) is 79.4 Å². The van der Waals surface area contributed by atoms with E-state index in [1.54, 1.807) is 24.3 Å². The van der Waals surface area contributed by atoms with E-state index in [0.717, 1.165) is 45.0 Å². The molecule has 144 valence electrons. The predicted molar refractivity (Wildman–Crippen MR) is 100 cm³/mol. The fourth-order valence-corrected chi connectivity index (χ4v) is 2.78. The van der Waals surface area contributed by atoms with E-state index in [9.17, 15) is 9.18 Å². The van der Waals surface area contributed by atoms with Gasteiger partial charge in [0.05, 0.1) is 13.2 Å². The van der Waals surface area contributed by atoms with Crippen molar-refractivity contribution in [1.82, 2.24) is 20.4 Å². The minimum Gasteiger partial charge on any atom is -0.379 e. The third-order valence-electron chi connectivity index (χ3n) is 4.35. The maximum atomic E-state index is 12.9. The van der Waals surface area contributed by atoms with Crippen LogP contribution in [0.2, 0.25) is 0 Å². The van der Waals surface area contributed by atoms with Crippen LogP contribution < -0.4 is 10.6 Å². The molecular formula is C19H24FN5O2. The van der Waals surface area contributed by atoms with E-state index in [4.69, 9.17) is 4.74 Å². The third kappa shape index (κ3) is 6.26. The molecule has 0 saturated carbocycles. The Labute approximate surface area is 157 Å². The lowest BCUT2D eigenvalue weighted by atomic mass is 10.1. The van der Waals surface area contributed by atoms with Crippen LogP contribution in [-0.2, 0) is 11.2 Å². The molecule has 1 aliphatic rings. The highest BCUT2D eigenvalue weighted by atomic mass is 19.1. The summed E-state index contributed by atoms with van der Waals surface area (Å²) in [6.45, 7) is 5.59. The second-order valence-electron chi connectivity index (χ2n) is 6.32. The van der Waals surface area contributed by atoms with Gasteiger partial charge < -0.3 is 15.4 Å². The second kappa shape index (κ2) is 9.94.